The summed E-state index contributed by atoms with van der Waals surface area (Å²) in [5.41, 5.74) is 6.29. The molecule has 4 nitrogen and oxygen atoms in total. The minimum Gasteiger partial charge on any atom is -0.462 e. The molecule has 1 atom stereocenters. The number of carbonyl (C=O) groups is 1. The second-order valence-corrected chi connectivity index (χ2v) is 4.24. The van der Waals surface area contributed by atoms with Gasteiger partial charge >= 0.3 is 11.9 Å². The zero-order valence-corrected chi connectivity index (χ0v) is 12.1. The highest BCUT2D eigenvalue weighted by molar-refractivity contribution is 5.85. The molecule has 7 heteroatoms. The first kappa shape index (κ1) is 17.3. The van der Waals surface area contributed by atoms with E-state index < -0.39 is 17.9 Å². The van der Waals surface area contributed by atoms with E-state index in [1.807, 2.05) is 0 Å². The van der Waals surface area contributed by atoms with Gasteiger partial charge in [-0.2, -0.15) is 8.78 Å². The number of esters is 1. The number of pyridine rings is 1. The lowest BCUT2D eigenvalue weighted by Gasteiger charge is -2.22. The SMILES string of the molecule is CCOC(=O)C(F)(F)[C@H](N)c1ccnc2ccccc12.Cl. The highest BCUT2D eigenvalue weighted by Gasteiger charge is 2.48. The van der Waals surface area contributed by atoms with Crippen LogP contribution in [0.3, 0.4) is 0 Å². The van der Waals surface area contributed by atoms with Crippen LogP contribution in [0.1, 0.15) is 18.5 Å². The van der Waals surface area contributed by atoms with E-state index in [0.29, 0.717) is 10.9 Å². The number of benzene rings is 1. The van der Waals surface area contributed by atoms with Crippen molar-refractivity contribution in [3.8, 4) is 0 Å². The molecular weight excluding hydrogens is 302 g/mol. The minimum absolute atomic E-state index is 0. The number of carbonyl (C=O) groups excluding carboxylic acids is 1. The molecule has 1 aromatic heterocycles. The van der Waals surface area contributed by atoms with Crippen LogP contribution in [0.25, 0.3) is 10.9 Å². The molecule has 1 heterocycles. The summed E-state index contributed by atoms with van der Waals surface area (Å²) in [5.74, 6) is -5.41. The maximum Gasteiger partial charge on any atom is 0.379 e. The Morgan fingerprint density at radius 2 is 2.05 bits per heavy atom. The Labute approximate surface area is 126 Å². The number of ether oxygens (including phenoxy) is 1. The first-order valence-corrected chi connectivity index (χ1v) is 6.12. The number of rotatable bonds is 4. The van der Waals surface area contributed by atoms with Crippen LogP contribution >= 0.6 is 12.4 Å². The van der Waals surface area contributed by atoms with E-state index in [9.17, 15) is 13.6 Å². The first-order valence-electron chi connectivity index (χ1n) is 6.12. The smallest absolute Gasteiger partial charge is 0.379 e. The summed E-state index contributed by atoms with van der Waals surface area (Å²) in [6.07, 6.45) is 1.39. The molecule has 2 rings (SSSR count). The standard InChI is InChI=1S/C14H14F2N2O2.ClH/c1-2-20-13(19)14(15,16)12(17)10-7-8-18-11-6-4-3-5-9(10)11;/h3-8,12H,2,17H2,1H3;1H/t12-;/m1./s1. The largest absolute Gasteiger partial charge is 0.462 e. The van der Waals surface area contributed by atoms with Crippen LogP contribution in [0.4, 0.5) is 8.78 Å². The normalized spacial score (nSPS) is 12.6. The molecule has 0 saturated carbocycles. The highest BCUT2D eigenvalue weighted by atomic mass is 35.5. The molecular formula is C14H15ClF2N2O2. The molecule has 1 aromatic carbocycles. The van der Waals surface area contributed by atoms with Crippen LogP contribution in [0.2, 0.25) is 0 Å². The summed E-state index contributed by atoms with van der Waals surface area (Å²) in [5, 5.41) is 0.492. The van der Waals surface area contributed by atoms with Gasteiger partial charge in [0.25, 0.3) is 0 Å². The Bertz CT molecular complexity index is 632. The molecule has 114 valence electrons. The van der Waals surface area contributed by atoms with Gasteiger partial charge in [0.1, 0.15) is 6.04 Å². The van der Waals surface area contributed by atoms with Crippen molar-refractivity contribution in [3.63, 3.8) is 0 Å². The molecule has 21 heavy (non-hydrogen) atoms. The lowest BCUT2D eigenvalue weighted by molar-refractivity contribution is -0.174. The maximum absolute atomic E-state index is 14.0. The second-order valence-electron chi connectivity index (χ2n) is 4.24. The fourth-order valence-corrected chi connectivity index (χ4v) is 1.94. The molecule has 0 saturated heterocycles. The zero-order chi connectivity index (χ0) is 14.8. The Morgan fingerprint density at radius 3 is 2.71 bits per heavy atom. The molecule has 0 fully saturated rings. The molecule has 0 unspecified atom stereocenters. The average Bonchev–Trinajstić information content (AvgIpc) is 2.46. The Kier molecular flexibility index (Phi) is 5.57. The average molecular weight is 317 g/mol. The van der Waals surface area contributed by atoms with Gasteiger partial charge < -0.3 is 10.5 Å². The highest BCUT2D eigenvalue weighted by Crippen LogP contribution is 2.33. The molecule has 0 aliphatic heterocycles. The molecule has 0 amide bonds. The van der Waals surface area contributed by atoms with Crippen molar-refractivity contribution < 1.29 is 18.3 Å². The summed E-state index contributed by atoms with van der Waals surface area (Å²) in [7, 11) is 0. The number of nitrogens with two attached hydrogens (primary N) is 1. The summed E-state index contributed by atoms with van der Waals surface area (Å²) in [4.78, 5) is 15.4. The number of aromatic nitrogens is 1. The van der Waals surface area contributed by atoms with Crippen molar-refractivity contribution in [2.24, 2.45) is 5.73 Å². The summed E-state index contributed by atoms with van der Waals surface area (Å²) < 4.78 is 32.4. The monoisotopic (exact) mass is 316 g/mol. The van der Waals surface area contributed by atoms with Crippen LogP contribution in [0, 0.1) is 0 Å². The lowest BCUT2D eigenvalue weighted by Crippen LogP contribution is -2.41. The van der Waals surface area contributed by atoms with Gasteiger partial charge in [-0.25, -0.2) is 4.79 Å². The van der Waals surface area contributed by atoms with E-state index in [1.54, 1.807) is 24.3 Å². The van der Waals surface area contributed by atoms with Crippen molar-refractivity contribution in [1.82, 2.24) is 4.98 Å². The third-order valence-electron chi connectivity index (χ3n) is 2.96. The zero-order valence-electron chi connectivity index (χ0n) is 11.3. The van der Waals surface area contributed by atoms with Gasteiger partial charge in [0.2, 0.25) is 0 Å². The predicted molar refractivity (Wildman–Crippen MR) is 77.5 cm³/mol. The van der Waals surface area contributed by atoms with Crippen molar-refractivity contribution in [2.45, 2.75) is 18.9 Å². The van der Waals surface area contributed by atoms with Crippen molar-refractivity contribution in [2.75, 3.05) is 6.61 Å². The first-order chi connectivity index (χ1) is 9.48. The molecule has 2 N–H and O–H groups in total. The van der Waals surface area contributed by atoms with Gasteiger partial charge in [0.05, 0.1) is 12.1 Å². The van der Waals surface area contributed by atoms with Gasteiger partial charge in [-0.3, -0.25) is 4.98 Å². The van der Waals surface area contributed by atoms with Crippen LogP contribution in [0.5, 0.6) is 0 Å². The van der Waals surface area contributed by atoms with E-state index in [2.05, 4.69) is 9.72 Å². The van der Waals surface area contributed by atoms with E-state index in [-0.39, 0.29) is 24.6 Å². The third-order valence-corrected chi connectivity index (χ3v) is 2.96. The number of hydrogen-bond donors (Lipinski definition) is 1. The van der Waals surface area contributed by atoms with E-state index >= 15 is 0 Å². The summed E-state index contributed by atoms with van der Waals surface area (Å²) >= 11 is 0. The second kappa shape index (κ2) is 6.78. The number of para-hydroxylation sites is 1. The number of fused-ring (bicyclic) bond motifs is 1. The third kappa shape index (κ3) is 3.28. The molecule has 0 spiro atoms. The van der Waals surface area contributed by atoms with Crippen LogP contribution in [-0.4, -0.2) is 23.5 Å². The molecule has 0 bridgehead atoms. The molecule has 0 aliphatic carbocycles. The Balaban J connectivity index is 0.00000220. The van der Waals surface area contributed by atoms with Crippen LogP contribution in [-0.2, 0) is 9.53 Å². The number of halogens is 3. The van der Waals surface area contributed by atoms with Gasteiger partial charge in [0.15, 0.2) is 0 Å². The minimum atomic E-state index is -3.79. The predicted octanol–water partition coefficient (Wildman–Crippen LogP) is 2.85. The number of alkyl halides is 2. The van der Waals surface area contributed by atoms with Crippen molar-refractivity contribution in [3.05, 3.63) is 42.1 Å². The molecule has 0 aliphatic rings. The van der Waals surface area contributed by atoms with E-state index in [0.717, 1.165) is 0 Å². The summed E-state index contributed by atoms with van der Waals surface area (Å²) in [6.45, 7) is 1.33. The number of nitrogens with zero attached hydrogens (tertiary/aromatic N) is 1. The fraction of sp³-hybridized carbons (Fsp3) is 0.286. The topological polar surface area (TPSA) is 65.2 Å². The van der Waals surface area contributed by atoms with Crippen LogP contribution in [0.15, 0.2) is 36.5 Å². The van der Waals surface area contributed by atoms with Gasteiger partial charge in [0, 0.05) is 11.6 Å². The van der Waals surface area contributed by atoms with Crippen molar-refractivity contribution in [1.29, 1.82) is 0 Å². The van der Waals surface area contributed by atoms with E-state index in [1.165, 1.54) is 19.2 Å². The van der Waals surface area contributed by atoms with E-state index in [4.69, 9.17) is 5.73 Å². The Hall–Kier alpha value is -1.79. The Morgan fingerprint density at radius 1 is 1.38 bits per heavy atom. The quantitative estimate of drug-likeness (QED) is 0.881. The lowest BCUT2D eigenvalue weighted by atomic mass is 9.98. The summed E-state index contributed by atoms with van der Waals surface area (Å²) in [6, 6.07) is 6.37. The fourth-order valence-electron chi connectivity index (χ4n) is 1.94. The van der Waals surface area contributed by atoms with Gasteiger partial charge in [-0.15, -0.1) is 12.4 Å². The van der Waals surface area contributed by atoms with Crippen molar-refractivity contribution >= 4 is 29.3 Å². The molecule has 2 aromatic rings. The van der Waals surface area contributed by atoms with Crippen LogP contribution < -0.4 is 5.73 Å². The van der Waals surface area contributed by atoms with Gasteiger partial charge in [-0.1, -0.05) is 18.2 Å². The van der Waals surface area contributed by atoms with Gasteiger partial charge in [-0.05, 0) is 24.6 Å². The number of hydrogen-bond acceptors (Lipinski definition) is 4. The maximum atomic E-state index is 14.0. The molecule has 0 radical (unpaired) electrons.